The van der Waals surface area contributed by atoms with E-state index in [1.807, 2.05) is 31.2 Å². The van der Waals surface area contributed by atoms with E-state index >= 15 is 0 Å². The molecule has 1 aliphatic carbocycles. The van der Waals surface area contributed by atoms with E-state index in [9.17, 15) is 9.59 Å². The number of thioether (sulfide) groups is 1. The lowest BCUT2D eigenvalue weighted by atomic mass is 9.98. The zero-order chi connectivity index (χ0) is 15.8. The van der Waals surface area contributed by atoms with E-state index in [2.05, 4.69) is 5.32 Å². The largest absolute Gasteiger partial charge is 0.462 e. The van der Waals surface area contributed by atoms with E-state index in [0.717, 1.165) is 36.9 Å². The first-order valence-corrected chi connectivity index (χ1v) is 8.93. The van der Waals surface area contributed by atoms with Crippen LogP contribution in [0.2, 0.25) is 0 Å². The fourth-order valence-corrected chi connectivity index (χ4v) is 3.14. The average Bonchev–Trinajstić information content (AvgIpc) is 2.48. The van der Waals surface area contributed by atoms with Crippen molar-refractivity contribution in [2.24, 2.45) is 0 Å². The van der Waals surface area contributed by atoms with Crippen LogP contribution in [0.4, 0.5) is 5.69 Å². The molecule has 0 atom stereocenters. The fourth-order valence-electron chi connectivity index (χ4n) is 2.55. The van der Waals surface area contributed by atoms with Gasteiger partial charge in [-0.2, -0.15) is 0 Å². The number of hydrogen-bond donors (Lipinski definition) is 1. The summed E-state index contributed by atoms with van der Waals surface area (Å²) in [6.07, 6.45) is 5.56. The molecule has 0 bridgehead atoms. The van der Waals surface area contributed by atoms with E-state index in [4.69, 9.17) is 4.74 Å². The average molecular weight is 321 g/mol. The lowest BCUT2D eigenvalue weighted by molar-refractivity contribution is -0.147. The summed E-state index contributed by atoms with van der Waals surface area (Å²) in [5.41, 5.74) is 1.89. The number of esters is 1. The number of hydrogen-bond acceptors (Lipinski definition) is 4. The topological polar surface area (TPSA) is 55.4 Å². The summed E-state index contributed by atoms with van der Waals surface area (Å²) >= 11 is 1.29. The molecular formula is C17H23NO3S. The van der Waals surface area contributed by atoms with Gasteiger partial charge in [0.25, 0.3) is 0 Å². The standard InChI is InChI=1S/C17H23NO3S/c1-13-6-5-7-14(10-13)18-16(19)11-22-12-17(20)21-15-8-3-2-4-9-15/h5-7,10,15H,2-4,8-9,11-12H2,1H3,(H,18,19). The Morgan fingerprint density at radius 3 is 2.73 bits per heavy atom. The molecule has 0 radical (unpaired) electrons. The summed E-state index contributed by atoms with van der Waals surface area (Å²) in [7, 11) is 0. The highest BCUT2D eigenvalue weighted by Crippen LogP contribution is 2.20. The van der Waals surface area contributed by atoms with Crippen LogP contribution in [-0.2, 0) is 14.3 Å². The molecule has 2 rings (SSSR count). The number of ether oxygens (including phenoxy) is 1. The summed E-state index contributed by atoms with van der Waals surface area (Å²) in [5.74, 6) is 0.187. The van der Waals surface area contributed by atoms with Crippen LogP contribution in [0.15, 0.2) is 24.3 Å². The minimum atomic E-state index is -0.208. The first kappa shape index (κ1) is 16.9. The monoisotopic (exact) mass is 321 g/mol. The van der Waals surface area contributed by atoms with Crippen molar-refractivity contribution in [2.45, 2.75) is 45.1 Å². The molecule has 0 spiro atoms. The normalized spacial score (nSPS) is 15.3. The van der Waals surface area contributed by atoms with Crippen LogP contribution in [0.5, 0.6) is 0 Å². The molecule has 1 aromatic carbocycles. The fraction of sp³-hybridized carbons (Fsp3) is 0.529. The number of rotatable bonds is 6. The molecular weight excluding hydrogens is 298 g/mol. The van der Waals surface area contributed by atoms with Gasteiger partial charge in [-0.05, 0) is 50.3 Å². The lowest BCUT2D eigenvalue weighted by Gasteiger charge is -2.21. The Morgan fingerprint density at radius 1 is 1.23 bits per heavy atom. The van der Waals surface area contributed by atoms with Crippen molar-refractivity contribution in [1.29, 1.82) is 0 Å². The van der Waals surface area contributed by atoms with Crippen molar-refractivity contribution in [3.05, 3.63) is 29.8 Å². The Bertz CT molecular complexity index is 512. The second kappa shape index (κ2) is 8.83. The number of carbonyl (C=O) groups is 2. The van der Waals surface area contributed by atoms with Crippen molar-refractivity contribution in [3.63, 3.8) is 0 Å². The number of anilines is 1. The summed E-state index contributed by atoms with van der Waals surface area (Å²) in [4.78, 5) is 23.5. The maximum Gasteiger partial charge on any atom is 0.316 e. The molecule has 0 saturated heterocycles. The smallest absolute Gasteiger partial charge is 0.316 e. The molecule has 5 heteroatoms. The quantitative estimate of drug-likeness (QED) is 0.814. The van der Waals surface area contributed by atoms with Gasteiger partial charge in [-0.3, -0.25) is 9.59 Å². The van der Waals surface area contributed by atoms with Crippen molar-refractivity contribution in [2.75, 3.05) is 16.8 Å². The third-order valence-electron chi connectivity index (χ3n) is 3.61. The molecule has 1 N–H and O–H groups in total. The Hall–Kier alpha value is -1.49. The molecule has 1 amide bonds. The van der Waals surface area contributed by atoms with Crippen LogP contribution in [0.25, 0.3) is 0 Å². The molecule has 120 valence electrons. The van der Waals surface area contributed by atoms with Gasteiger partial charge in [0, 0.05) is 5.69 Å². The Kier molecular flexibility index (Phi) is 6.77. The van der Waals surface area contributed by atoms with Crippen LogP contribution >= 0.6 is 11.8 Å². The highest BCUT2D eigenvalue weighted by Gasteiger charge is 2.17. The van der Waals surface area contributed by atoms with Gasteiger partial charge >= 0.3 is 5.97 Å². The van der Waals surface area contributed by atoms with Gasteiger partial charge in [-0.25, -0.2) is 0 Å². The van der Waals surface area contributed by atoms with Gasteiger partial charge in [-0.1, -0.05) is 18.6 Å². The third-order valence-corrected chi connectivity index (χ3v) is 4.51. The maximum absolute atomic E-state index is 11.8. The maximum atomic E-state index is 11.8. The molecule has 1 fully saturated rings. The van der Waals surface area contributed by atoms with Gasteiger partial charge in [0.1, 0.15) is 6.10 Å². The minimum absolute atomic E-state index is 0.0861. The summed E-state index contributed by atoms with van der Waals surface area (Å²) in [5, 5.41) is 2.83. The molecule has 4 nitrogen and oxygen atoms in total. The predicted molar refractivity (Wildman–Crippen MR) is 90.1 cm³/mol. The highest BCUT2D eigenvalue weighted by atomic mass is 32.2. The van der Waals surface area contributed by atoms with Gasteiger partial charge < -0.3 is 10.1 Å². The molecule has 0 heterocycles. The van der Waals surface area contributed by atoms with Gasteiger partial charge in [0.15, 0.2) is 0 Å². The van der Waals surface area contributed by atoms with Crippen molar-refractivity contribution in [1.82, 2.24) is 0 Å². The second-order valence-electron chi connectivity index (χ2n) is 5.66. The van der Waals surface area contributed by atoms with E-state index < -0.39 is 0 Å². The summed E-state index contributed by atoms with van der Waals surface area (Å²) in [6, 6.07) is 7.65. The summed E-state index contributed by atoms with van der Waals surface area (Å²) < 4.78 is 5.42. The van der Waals surface area contributed by atoms with Crippen LogP contribution in [0, 0.1) is 6.92 Å². The highest BCUT2D eigenvalue weighted by molar-refractivity contribution is 8.00. The predicted octanol–water partition coefficient (Wildman–Crippen LogP) is 3.54. The van der Waals surface area contributed by atoms with Crippen molar-refractivity contribution >= 4 is 29.3 Å². The van der Waals surface area contributed by atoms with E-state index in [1.165, 1.54) is 18.2 Å². The number of nitrogens with one attached hydrogen (secondary N) is 1. The number of benzene rings is 1. The number of aryl methyl sites for hydroxylation is 1. The van der Waals surface area contributed by atoms with Crippen molar-refractivity contribution < 1.29 is 14.3 Å². The zero-order valence-corrected chi connectivity index (χ0v) is 13.8. The first-order chi connectivity index (χ1) is 10.6. The molecule has 22 heavy (non-hydrogen) atoms. The molecule has 0 unspecified atom stereocenters. The van der Waals surface area contributed by atoms with E-state index in [0.29, 0.717) is 0 Å². The van der Waals surface area contributed by atoms with E-state index in [1.54, 1.807) is 0 Å². The van der Waals surface area contributed by atoms with Gasteiger partial charge in [0.2, 0.25) is 5.91 Å². The molecule has 1 aromatic rings. The van der Waals surface area contributed by atoms with Crippen LogP contribution < -0.4 is 5.32 Å². The Balaban J connectivity index is 1.63. The Labute approximate surface area is 136 Å². The Morgan fingerprint density at radius 2 is 2.00 bits per heavy atom. The first-order valence-electron chi connectivity index (χ1n) is 7.77. The zero-order valence-electron chi connectivity index (χ0n) is 13.0. The molecule has 0 aromatic heterocycles. The third kappa shape index (κ3) is 6.10. The van der Waals surface area contributed by atoms with Crippen LogP contribution in [0.3, 0.4) is 0 Å². The van der Waals surface area contributed by atoms with Gasteiger partial charge in [0.05, 0.1) is 11.5 Å². The van der Waals surface area contributed by atoms with Crippen LogP contribution in [-0.4, -0.2) is 29.5 Å². The number of carbonyl (C=O) groups excluding carboxylic acids is 2. The minimum Gasteiger partial charge on any atom is -0.462 e. The van der Waals surface area contributed by atoms with E-state index in [-0.39, 0.29) is 29.5 Å². The molecule has 0 aliphatic heterocycles. The van der Waals surface area contributed by atoms with Crippen LogP contribution in [0.1, 0.15) is 37.7 Å². The molecule has 1 saturated carbocycles. The van der Waals surface area contributed by atoms with Gasteiger partial charge in [-0.15, -0.1) is 11.8 Å². The molecule has 1 aliphatic rings. The van der Waals surface area contributed by atoms with Crippen molar-refractivity contribution in [3.8, 4) is 0 Å². The lowest BCUT2D eigenvalue weighted by Crippen LogP contribution is -2.22. The summed E-state index contributed by atoms with van der Waals surface area (Å²) in [6.45, 7) is 1.98. The second-order valence-corrected chi connectivity index (χ2v) is 6.65. The number of amides is 1. The SMILES string of the molecule is Cc1cccc(NC(=O)CSCC(=O)OC2CCCCC2)c1.